The van der Waals surface area contributed by atoms with Gasteiger partial charge < -0.3 is 25.1 Å². The molecule has 3 N–H and O–H groups in total. The highest BCUT2D eigenvalue weighted by Crippen LogP contribution is 2.46. The number of piperidine rings is 1. The number of oxime groups is 1. The summed E-state index contributed by atoms with van der Waals surface area (Å²) >= 11 is 12.9. The first-order valence-corrected chi connectivity index (χ1v) is 12.2. The summed E-state index contributed by atoms with van der Waals surface area (Å²) < 4.78 is 12.1. The maximum absolute atomic E-state index is 8.83. The lowest BCUT2D eigenvalue weighted by Gasteiger charge is -2.33. The zero-order chi connectivity index (χ0) is 23.7. The molecule has 34 heavy (non-hydrogen) atoms. The molecule has 9 heteroatoms. The molecule has 2 aliphatic rings. The van der Waals surface area contributed by atoms with Crippen LogP contribution in [0.1, 0.15) is 48.5 Å². The molecule has 2 aromatic carbocycles. The first-order valence-electron chi connectivity index (χ1n) is 11.4. The largest absolute Gasteiger partial charge is 0.409 e. The molecule has 0 unspecified atom stereocenters. The summed E-state index contributed by atoms with van der Waals surface area (Å²) in [6.45, 7) is 2.19. The van der Waals surface area contributed by atoms with E-state index in [0.717, 1.165) is 55.8 Å². The lowest BCUT2D eigenvalue weighted by Crippen LogP contribution is -2.37. The Morgan fingerprint density at radius 1 is 1.09 bits per heavy atom. The van der Waals surface area contributed by atoms with Gasteiger partial charge in [-0.2, -0.15) is 0 Å². The van der Waals surface area contributed by atoms with Gasteiger partial charge in [-0.05, 0) is 62.1 Å². The number of aromatic nitrogens is 1. The van der Waals surface area contributed by atoms with Crippen LogP contribution in [0.25, 0.3) is 11.3 Å². The zero-order valence-electron chi connectivity index (χ0n) is 18.6. The number of ether oxygens (including phenoxy) is 1. The van der Waals surface area contributed by atoms with Crippen LogP contribution in [-0.4, -0.2) is 35.4 Å². The molecule has 0 amide bonds. The second kappa shape index (κ2) is 9.86. The third-order valence-corrected chi connectivity index (χ3v) is 7.14. The van der Waals surface area contributed by atoms with E-state index in [9.17, 15) is 0 Å². The number of anilines is 1. The van der Waals surface area contributed by atoms with Gasteiger partial charge in [0.1, 0.15) is 11.5 Å². The molecule has 1 aliphatic carbocycles. The summed E-state index contributed by atoms with van der Waals surface area (Å²) in [6.07, 6.45) is 4.17. The average Bonchev–Trinajstić information content (AvgIpc) is 3.63. The molecule has 0 bridgehead atoms. The molecule has 178 valence electrons. The SMILES string of the molecule is N/C(=N\O)c1ccc(N2CCC(OCc3c(-c4c(Cl)cccc4Cl)noc3C3CC3)CC2)cc1. The Kier molecular flexibility index (Phi) is 6.68. The molecule has 5 rings (SSSR count). The second-order valence-electron chi connectivity index (χ2n) is 8.77. The number of nitrogens with two attached hydrogens (primary N) is 1. The molecule has 7 nitrogen and oxygen atoms in total. The van der Waals surface area contributed by atoms with Crippen LogP contribution in [0.15, 0.2) is 52.1 Å². The van der Waals surface area contributed by atoms with Gasteiger partial charge in [0.25, 0.3) is 0 Å². The van der Waals surface area contributed by atoms with E-state index in [-0.39, 0.29) is 11.9 Å². The van der Waals surface area contributed by atoms with Crippen molar-refractivity contribution in [2.45, 2.75) is 44.3 Å². The topological polar surface area (TPSA) is 97.1 Å². The first kappa shape index (κ1) is 23.0. The van der Waals surface area contributed by atoms with Crippen LogP contribution in [0, 0.1) is 0 Å². The van der Waals surface area contributed by atoms with Crippen LogP contribution < -0.4 is 10.6 Å². The van der Waals surface area contributed by atoms with Gasteiger partial charge in [0, 0.05) is 41.4 Å². The number of rotatable bonds is 7. The third kappa shape index (κ3) is 4.73. The number of hydrogen-bond donors (Lipinski definition) is 2. The van der Waals surface area contributed by atoms with Gasteiger partial charge in [-0.1, -0.05) is 39.6 Å². The monoisotopic (exact) mass is 500 g/mol. The van der Waals surface area contributed by atoms with Gasteiger partial charge in [0.15, 0.2) is 5.84 Å². The summed E-state index contributed by atoms with van der Waals surface area (Å²) in [5.74, 6) is 1.40. The second-order valence-corrected chi connectivity index (χ2v) is 9.59. The van der Waals surface area contributed by atoms with Crippen molar-refractivity contribution in [1.82, 2.24) is 5.16 Å². The lowest BCUT2D eigenvalue weighted by molar-refractivity contribution is 0.0246. The number of halogens is 2. The highest BCUT2D eigenvalue weighted by atomic mass is 35.5. The molecular formula is C25H26Cl2N4O3. The Morgan fingerprint density at radius 3 is 2.38 bits per heavy atom. The molecule has 0 radical (unpaired) electrons. The summed E-state index contributed by atoms with van der Waals surface area (Å²) in [7, 11) is 0. The fourth-order valence-corrected chi connectivity index (χ4v) is 5.01. The molecule has 1 saturated heterocycles. The number of amidine groups is 1. The quantitative estimate of drug-likeness (QED) is 0.184. The van der Waals surface area contributed by atoms with Crippen molar-refractivity contribution in [2.75, 3.05) is 18.0 Å². The van der Waals surface area contributed by atoms with E-state index in [1.165, 1.54) is 0 Å². The molecular weight excluding hydrogens is 475 g/mol. The minimum Gasteiger partial charge on any atom is -0.409 e. The van der Waals surface area contributed by atoms with Gasteiger partial charge in [0.05, 0.1) is 22.8 Å². The minimum absolute atomic E-state index is 0.107. The molecule has 1 saturated carbocycles. The van der Waals surface area contributed by atoms with Gasteiger partial charge in [-0.3, -0.25) is 0 Å². The van der Waals surface area contributed by atoms with Crippen molar-refractivity contribution < 1.29 is 14.5 Å². The maximum atomic E-state index is 8.83. The summed E-state index contributed by atoms with van der Waals surface area (Å²) in [5.41, 5.74) is 9.80. The van der Waals surface area contributed by atoms with Crippen molar-refractivity contribution in [3.8, 4) is 11.3 Å². The molecule has 3 aromatic rings. The Labute approximate surface area is 208 Å². The van der Waals surface area contributed by atoms with E-state index < -0.39 is 0 Å². The molecule has 0 spiro atoms. The van der Waals surface area contributed by atoms with Crippen molar-refractivity contribution in [3.05, 3.63) is 69.4 Å². The van der Waals surface area contributed by atoms with Crippen LogP contribution in [0.2, 0.25) is 10.0 Å². The van der Waals surface area contributed by atoms with Crippen molar-refractivity contribution in [1.29, 1.82) is 0 Å². The minimum atomic E-state index is 0.107. The predicted octanol–water partition coefficient (Wildman–Crippen LogP) is 5.81. The Hall–Kier alpha value is -2.74. The summed E-state index contributed by atoms with van der Waals surface area (Å²) in [6, 6.07) is 13.2. The van der Waals surface area contributed by atoms with E-state index >= 15 is 0 Å². The third-order valence-electron chi connectivity index (χ3n) is 6.51. The average molecular weight is 501 g/mol. The van der Waals surface area contributed by atoms with Crippen LogP contribution in [-0.2, 0) is 11.3 Å². The zero-order valence-corrected chi connectivity index (χ0v) is 20.1. The highest BCUT2D eigenvalue weighted by molar-refractivity contribution is 6.39. The molecule has 1 aliphatic heterocycles. The lowest BCUT2D eigenvalue weighted by atomic mass is 10.0. The fraction of sp³-hybridized carbons (Fsp3) is 0.360. The number of nitrogens with zero attached hydrogens (tertiary/aromatic N) is 3. The van der Waals surface area contributed by atoms with Crippen LogP contribution in [0.5, 0.6) is 0 Å². The Morgan fingerprint density at radius 2 is 1.76 bits per heavy atom. The fourth-order valence-electron chi connectivity index (χ4n) is 4.43. The summed E-state index contributed by atoms with van der Waals surface area (Å²) in [5, 5.41) is 17.3. The standard InChI is InChI=1S/C25H26Cl2N4O3/c26-20-2-1-3-21(27)22(20)23-19(24(34-30-23)15-4-5-15)14-33-18-10-12-31(13-11-18)17-8-6-16(7-9-17)25(28)29-32/h1-3,6-9,15,18,32H,4-5,10-14H2,(H2,28,29). The Bertz CT molecular complexity index is 1160. The van der Waals surface area contributed by atoms with E-state index in [4.69, 9.17) is 43.4 Å². The van der Waals surface area contributed by atoms with E-state index in [0.29, 0.717) is 39.4 Å². The van der Waals surface area contributed by atoms with Gasteiger partial charge in [0.2, 0.25) is 0 Å². The molecule has 2 fully saturated rings. The first-order chi connectivity index (χ1) is 16.5. The highest BCUT2D eigenvalue weighted by Gasteiger charge is 2.34. The Balaban J connectivity index is 1.25. The van der Waals surface area contributed by atoms with Crippen LogP contribution in [0.4, 0.5) is 5.69 Å². The predicted molar refractivity (Wildman–Crippen MR) is 133 cm³/mol. The van der Waals surface area contributed by atoms with E-state index in [1.54, 1.807) is 0 Å². The molecule has 2 heterocycles. The number of benzene rings is 2. The number of hydrogen-bond acceptors (Lipinski definition) is 6. The van der Waals surface area contributed by atoms with Crippen molar-refractivity contribution in [2.24, 2.45) is 10.9 Å². The van der Waals surface area contributed by atoms with Gasteiger partial charge in [-0.25, -0.2) is 0 Å². The summed E-state index contributed by atoms with van der Waals surface area (Å²) in [4.78, 5) is 2.32. The van der Waals surface area contributed by atoms with Gasteiger partial charge >= 0.3 is 0 Å². The van der Waals surface area contributed by atoms with E-state index in [1.807, 2.05) is 42.5 Å². The molecule has 0 atom stereocenters. The van der Waals surface area contributed by atoms with Gasteiger partial charge in [-0.15, -0.1) is 0 Å². The van der Waals surface area contributed by atoms with Crippen molar-refractivity contribution in [3.63, 3.8) is 0 Å². The van der Waals surface area contributed by atoms with Crippen molar-refractivity contribution >= 4 is 34.7 Å². The van der Waals surface area contributed by atoms with E-state index in [2.05, 4.69) is 15.2 Å². The normalized spacial score (nSPS) is 17.4. The molecule has 1 aromatic heterocycles. The van der Waals surface area contributed by atoms with Crippen LogP contribution in [0.3, 0.4) is 0 Å². The van der Waals surface area contributed by atoms with Crippen LogP contribution >= 0.6 is 23.2 Å². The smallest absolute Gasteiger partial charge is 0.170 e. The maximum Gasteiger partial charge on any atom is 0.170 e.